The maximum atomic E-state index is 13.8. The average Bonchev–Trinajstić information content (AvgIpc) is 2.91. The zero-order valence-corrected chi connectivity index (χ0v) is 23.8. The Morgan fingerprint density at radius 3 is 2.05 bits per heavy atom. The van der Waals surface area contributed by atoms with Crippen LogP contribution in [-0.2, 0) is 26.2 Å². The zero-order valence-electron chi connectivity index (χ0n) is 21.5. The molecule has 202 valence electrons. The van der Waals surface area contributed by atoms with E-state index < -0.39 is 28.5 Å². The minimum Gasteiger partial charge on any atom is -0.354 e. The van der Waals surface area contributed by atoms with Gasteiger partial charge in [-0.15, -0.1) is 0 Å². The van der Waals surface area contributed by atoms with E-state index in [0.717, 1.165) is 4.31 Å². The molecule has 10 heteroatoms. The number of rotatable bonds is 11. The second-order valence-corrected chi connectivity index (χ2v) is 11.9. The highest BCUT2D eigenvalue weighted by molar-refractivity contribution is 7.92. The van der Waals surface area contributed by atoms with Crippen molar-refractivity contribution in [1.29, 1.82) is 0 Å². The van der Waals surface area contributed by atoms with Gasteiger partial charge in [0.2, 0.25) is 11.8 Å². The first kappa shape index (κ1) is 29.5. The summed E-state index contributed by atoms with van der Waals surface area (Å²) in [6.45, 7) is 5.51. The monoisotopic (exact) mass is 575 g/mol. The van der Waals surface area contributed by atoms with E-state index in [1.54, 1.807) is 73.7 Å². The SMILES string of the molecule is CC(C)CNC(=O)C(C)N(Cc1ccc(Cl)c(Cl)c1)C(=O)CN(c1ccccc1)S(=O)(=O)c1ccccc1. The molecule has 0 aliphatic carbocycles. The number of carbonyl (C=O) groups excluding carboxylic acids is 2. The Bertz CT molecular complexity index is 1350. The van der Waals surface area contributed by atoms with E-state index in [4.69, 9.17) is 23.2 Å². The second-order valence-electron chi connectivity index (χ2n) is 9.25. The molecule has 0 radical (unpaired) electrons. The van der Waals surface area contributed by atoms with E-state index >= 15 is 0 Å². The van der Waals surface area contributed by atoms with Gasteiger partial charge in [0, 0.05) is 13.1 Å². The van der Waals surface area contributed by atoms with Gasteiger partial charge < -0.3 is 10.2 Å². The molecule has 3 rings (SSSR count). The van der Waals surface area contributed by atoms with Gasteiger partial charge in [-0.1, -0.05) is 79.5 Å². The third-order valence-corrected chi connectivity index (χ3v) is 8.37. The maximum absolute atomic E-state index is 13.8. The Balaban J connectivity index is 1.99. The lowest BCUT2D eigenvalue weighted by Gasteiger charge is -2.32. The van der Waals surface area contributed by atoms with Crippen LogP contribution in [-0.4, -0.2) is 44.3 Å². The molecule has 0 bridgehead atoms. The molecule has 0 saturated carbocycles. The fourth-order valence-electron chi connectivity index (χ4n) is 3.71. The molecule has 0 aromatic heterocycles. The summed E-state index contributed by atoms with van der Waals surface area (Å²) in [5, 5.41) is 3.53. The summed E-state index contributed by atoms with van der Waals surface area (Å²) in [4.78, 5) is 28.2. The quantitative estimate of drug-likeness (QED) is 0.332. The predicted molar refractivity (Wildman–Crippen MR) is 152 cm³/mol. The molecule has 38 heavy (non-hydrogen) atoms. The predicted octanol–water partition coefficient (Wildman–Crippen LogP) is 5.38. The lowest BCUT2D eigenvalue weighted by atomic mass is 10.1. The lowest BCUT2D eigenvalue weighted by Crippen LogP contribution is -2.51. The maximum Gasteiger partial charge on any atom is 0.264 e. The molecule has 0 spiro atoms. The van der Waals surface area contributed by atoms with Gasteiger partial charge in [0.15, 0.2) is 0 Å². The summed E-state index contributed by atoms with van der Waals surface area (Å²) in [5.41, 5.74) is 0.976. The normalized spacial score (nSPS) is 12.2. The summed E-state index contributed by atoms with van der Waals surface area (Å²) < 4.78 is 28.4. The number of halogens is 2. The van der Waals surface area contributed by atoms with Crippen molar-refractivity contribution in [3.63, 3.8) is 0 Å². The lowest BCUT2D eigenvalue weighted by molar-refractivity contribution is -0.139. The molecular weight excluding hydrogens is 545 g/mol. The van der Waals surface area contributed by atoms with Crippen molar-refractivity contribution in [2.75, 3.05) is 17.4 Å². The van der Waals surface area contributed by atoms with Crippen LogP contribution < -0.4 is 9.62 Å². The molecule has 0 saturated heterocycles. The number of sulfonamides is 1. The summed E-state index contributed by atoms with van der Waals surface area (Å²) in [6, 6.07) is 20.4. The number of hydrogen-bond acceptors (Lipinski definition) is 4. The van der Waals surface area contributed by atoms with Gasteiger partial charge in [0.25, 0.3) is 10.0 Å². The largest absolute Gasteiger partial charge is 0.354 e. The molecule has 1 unspecified atom stereocenters. The van der Waals surface area contributed by atoms with E-state index in [9.17, 15) is 18.0 Å². The van der Waals surface area contributed by atoms with Crippen molar-refractivity contribution < 1.29 is 18.0 Å². The zero-order chi connectivity index (χ0) is 27.9. The van der Waals surface area contributed by atoms with Crippen LogP contribution >= 0.6 is 23.2 Å². The molecule has 3 aromatic rings. The molecule has 0 aliphatic rings. The van der Waals surface area contributed by atoms with Crippen molar-refractivity contribution in [3.8, 4) is 0 Å². The first-order chi connectivity index (χ1) is 18.0. The average molecular weight is 577 g/mol. The first-order valence-electron chi connectivity index (χ1n) is 12.1. The number of nitrogens with one attached hydrogen (secondary N) is 1. The topological polar surface area (TPSA) is 86.8 Å². The third-order valence-electron chi connectivity index (χ3n) is 5.84. The van der Waals surface area contributed by atoms with Crippen LogP contribution in [0.1, 0.15) is 26.3 Å². The molecule has 3 aromatic carbocycles. The van der Waals surface area contributed by atoms with Gasteiger partial charge in [-0.25, -0.2) is 8.42 Å². The Morgan fingerprint density at radius 2 is 1.47 bits per heavy atom. The molecule has 1 N–H and O–H groups in total. The molecule has 0 aliphatic heterocycles. The number of para-hydroxylation sites is 1. The van der Waals surface area contributed by atoms with Crippen LogP contribution in [0.4, 0.5) is 5.69 Å². The highest BCUT2D eigenvalue weighted by atomic mass is 35.5. The first-order valence-corrected chi connectivity index (χ1v) is 14.3. The highest BCUT2D eigenvalue weighted by Crippen LogP contribution is 2.26. The Hall–Kier alpha value is -3.07. The molecule has 0 fully saturated rings. The van der Waals surface area contributed by atoms with Crippen molar-refractivity contribution in [2.45, 2.75) is 38.3 Å². The van der Waals surface area contributed by atoms with Crippen molar-refractivity contribution in [3.05, 3.63) is 94.5 Å². The molecule has 2 amide bonds. The van der Waals surface area contributed by atoms with E-state index in [0.29, 0.717) is 27.8 Å². The fourth-order valence-corrected chi connectivity index (χ4v) is 5.47. The number of benzene rings is 3. The van der Waals surface area contributed by atoms with E-state index in [2.05, 4.69) is 5.32 Å². The summed E-state index contributed by atoms with van der Waals surface area (Å²) in [5.74, 6) is -0.675. The Labute approximate surface area is 234 Å². The van der Waals surface area contributed by atoms with Crippen LogP contribution in [0.3, 0.4) is 0 Å². The summed E-state index contributed by atoms with van der Waals surface area (Å²) >= 11 is 12.3. The standard InChI is InChI=1S/C28H31Cl2N3O4S/c1-20(2)17-31-28(35)21(3)32(18-22-14-15-25(29)26(30)16-22)27(34)19-33(23-10-6-4-7-11-23)38(36,37)24-12-8-5-9-13-24/h4-16,20-21H,17-19H2,1-3H3,(H,31,35). The smallest absolute Gasteiger partial charge is 0.264 e. The van der Waals surface area contributed by atoms with Gasteiger partial charge in [-0.2, -0.15) is 0 Å². The van der Waals surface area contributed by atoms with Crippen LogP contribution in [0.25, 0.3) is 0 Å². The Kier molecular flexibility index (Phi) is 10.2. The van der Waals surface area contributed by atoms with Crippen LogP contribution in [0, 0.1) is 5.92 Å². The molecular formula is C28H31Cl2N3O4S. The number of nitrogens with zero attached hydrogens (tertiary/aromatic N) is 2. The molecule has 7 nitrogen and oxygen atoms in total. The van der Waals surface area contributed by atoms with Crippen molar-refractivity contribution in [2.24, 2.45) is 5.92 Å². The van der Waals surface area contributed by atoms with E-state index in [1.807, 2.05) is 13.8 Å². The minimum atomic E-state index is -4.09. The summed E-state index contributed by atoms with van der Waals surface area (Å²) in [6.07, 6.45) is 0. The van der Waals surface area contributed by atoms with Gasteiger partial charge in [0.1, 0.15) is 12.6 Å². The number of carbonyl (C=O) groups is 2. The van der Waals surface area contributed by atoms with Crippen LogP contribution in [0.2, 0.25) is 10.0 Å². The van der Waals surface area contributed by atoms with Crippen LogP contribution in [0.5, 0.6) is 0 Å². The van der Waals surface area contributed by atoms with Gasteiger partial charge in [-0.05, 0) is 54.8 Å². The molecule has 0 heterocycles. The summed E-state index contributed by atoms with van der Waals surface area (Å²) in [7, 11) is -4.09. The number of amides is 2. The van der Waals surface area contributed by atoms with Crippen LogP contribution in [0.15, 0.2) is 83.8 Å². The fraction of sp³-hybridized carbons (Fsp3) is 0.286. The van der Waals surface area contributed by atoms with E-state index in [-0.39, 0.29) is 23.3 Å². The highest BCUT2D eigenvalue weighted by Gasteiger charge is 2.32. The van der Waals surface area contributed by atoms with Crippen molar-refractivity contribution >= 4 is 50.7 Å². The van der Waals surface area contributed by atoms with Gasteiger partial charge in [-0.3, -0.25) is 13.9 Å². The number of hydrogen-bond donors (Lipinski definition) is 1. The number of anilines is 1. The van der Waals surface area contributed by atoms with Gasteiger partial charge >= 0.3 is 0 Å². The third kappa shape index (κ3) is 7.49. The van der Waals surface area contributed by atoms with Crippen molar-refractivity contribution in [1.82, 2.24) is 10.2 Å². The Morgan fingerprint density at radius 1 is 0.868 bits per heavy atom. The van der Waals surface area contributed by atoms with Gasteiger partial charge in [0.05, 0.1) is 20.6 Å². The minimum absolute atomic E-state index is 0.0278. The van der Waals surface area contributed by atoms with E-state index in [1.165, 1.54) is 17.0 Å². The molecule has 1 atom stereocenters. The second kappa shape index (κ2) is 13.1.